The number of hydrogen-bond donors (Lipinski definition) is 1. The van der Waals surface area contributed by atoms with Gasteiger partial charge in [0.05, 0.1) is 19.8 Å². The predicted octanol–water partition coefficient (Wildman–Crippen LogP) is 3.55. The first-order valence-corrected chi connectivity index (χ1v) is 8.40. The molecule has 2 aromatic carbocycles. The van der Waals surface area contributed by atoms with Crippen LogP contribution in [-0.4, -0.2) is 37.6 Å². The largest absolute Gasteiger partial charge is 0.497 e. The molecule has 0 aliphatic heterocycles. The number of benzene rings is 2. The van der Waals surface area contributed by atoms with Crippen LogP contribution >= 0.6 is 0 Å². The smallest absolute Gasteiger partial charge is 0.241 e. The standard InChI is InChI=1S/C20H26N2O3/c1-5-25-19-10-6-16(7-11-19)14-22(3)15(2)20(23)21-17-8-12-18(24-4)13-9-17/h6-13,15H,5,14H2,1-4H3,(H,21,23)/t15-/m0/s1. The number of carbonyl (C=O) groups is 1. The third-order valence-electron chi connectivity index (χ3n) is 4.06. The van der Waals surface area contributed by atoms with E-state index in [2.05, 4.69) is 5.32 Å². The average molecular weight is 342 g/mol. The summed E-state index contributed by atoms with van der Waals surface area (Å²) in [4.78, 5) is 14.4. The van der Waals surface area contributed by atoms with Gasteiger partial charge in [-0.15, -0.1) is 0 Å². The van der Waals surface area contributed by atoms with E-state index < -0.39 is 0 Å². The molecule has 0 aromatic heterocycles. The van der Waals surface area contributed by atoms with Gasteiger partial charge in [-0.2, -0.15) is 0 Å². The van der Waals surface area contributed by atoms with Crippen molar-refractivity contribution in [3.8, 4) is 11.5 Å². The van der Waals surface area contributed by atoms with Gasteiger partial charge < -0.3 is 14.8 Å². The van der Waals surface area contributed by atoms with E-state index in [9.17, 15) is 4.79 Å². The summed E-state index contributed by atoms with van der Waals surface area (Å²) in [5, 5.41) is 2.93. The van der Waals surface area contributed by atoms with Gasteiger partial charge in [0.2, 0.25) is 5.91 Å². The quantitative estimate of drug-likeness (QED) is 0.797. The lowest BCUT2D eigenvalue weighted by Crippen LogP contribution is -2.39. The van der Waals surface area contributed by atoms with Gasteiger partial charge >= 0.3 is 0 Å². The Labute approximate surface area is 149 Å². The van der Waals surface area contributed by atoms with Crippen LogP contribution in [0.5, 0.6) is 11.5 Å². The Bertz CT molecular complexity index is 668. The second-order valence-corrected chi connectivity index (χ2v) is 5.89. The van der Waals surface area contributed by atoms with E-state index in [1.165, 1.54) is 0 Å². The van der Waals surface area contributed by atoms with Gasteiger partial charge in [-0.3, -0.25) is 9.69 Å². The summed E-state index contributed by atoms with van der Waals surface area (Å²) in [5.74, 6) is 1.58. The van der Waals surface area contributed by atoms with Crippen molar-refractivity contribution in [1.82, 2.24) is 4.90 Å². The molecule has 0 aliphatic carbocycles. The van der Waals surface area contributed by atoms with Crippen LogP contribution in [0.3, 0.4) is 0 Å². The number of amides is 1. The van der Waals surface area contributed by atoms with Crippen molar-refractivity contribution in [2.75, 3.05) is 26.1 Å². The number of nitrogens with zero attached hydrogens (tertiary/aromatic N) is 1. The molecule has 134 valence electrons. The number of nitrogens with one attached hydrogen (secondary N) is 1. The first kappa shape index (κ1) is 18.8. The molecule has 0 heterocycles. The van der Waals surface area contributed by atoms with E-state index in [-0.39, 0.29) is 11.9 Å². The predicted molar refractivity (Wildman–Crippen MR) is 100 cm³/mol. The van der Waals surface area contributed by atoms with E-state index in [0.29, 0.717) is 13.2 Å². The van der Waals surface area contributed by atoms with Crippen LogP contribution in [-0.2, 0) is 11.3 Å². The van der Waals surface area contributed by atoms with E-state index >= 15 is 0 Å². The molecule has 1 N–H and O–H groups in total. The number of likely N-dealkylation sites (N-methyl/N-ethyl adjacent to an activating group) is 1. The molecule has 0 unspecified atom stereocenters. The summed E-state index contributed by atoms with van der Waals surface area (Å²) in [7, 11) is 3.56. The average Bonchev–Trinajstić information content (AvgIpc) is 2.63. The fraction of sp³-hybridized carbons (Fsp3) is 0.350. The molecule has 0 radical (unpaired) electrons. The number of carbonyl (C=O) groups excluding carboxylic acids is 1. The van der Waals surface area contributed by atoms with E-state index in [4.69, 9.17) is 9.47 Å². The van der Waals surface area contributed by atoms with Gasteiger partial charge in [0.25, 0.3) is 0 Å². The molecule has 1 amide bonds. The zero-order valence-corrected chi connectivity index (χ0v) is 15.3. The molecule has 0 fully saturated rings. The lowest BCUT2D eigenvalue weighted by atomic mass is 10.1. The molecule has 2 aromatic rings. The van der Waals surface area contributed by atoms with Crippen LogP contribution < -0.4 is 14.8 Å². The van der Waals surface area contributed by atoms with Crippen molar-refractivity contribution in [2.45, 2.75) is 26.4 Å². The minimum atomic E-state index is -0.256. The first-order valence-electron chi connectivity index (χ1n) is 8.40. The molecule has 0 saturated carbocycles. The van der Waals surface area contributed by atoms with Gasteiger partial charge in [0.1, 0.15) is 11.5 Å². The molecule has 1 atom stereocenters. The Morgan fingerprint density at radius 2 is 1.68 bits per heavy atom. The Kier molecular flexibility index (Phi) is 6.83. The van der Waals surface area contributed by atoms with Crippen LogP contribution in [0.25, 0.3) is 0 Å². The maximum absolute atomic E-state index is 12.4. The van der Waals surface area contributed by atoms with Crippen molar-refractivity contribution in [3.63, 3.8) is 0 Å². The number of hydrogen-bond acceptors (Lipinski definition) is 4. The van der Waals surface area contributed by atoms with Crippen LogP contribution in [0, 0.1) is 0 Å². The van der Waals surface area contributed by atoms with Crippen LogP contribution in [0.4, 0.5) is 5.69 Å². The Hall–Kier alpha value is -2.53. The van der Waals surface area contributed by atoms with Crippen LogP contribution in [0.15, 0.2) is 48.5 Å². The fourth-order valence-corrected chi connectivity index (χ4v) is 2.40. The lowest BCUT2D eigenvalue weighted by molar-refractivity contribution is -0.120. The van der Waals surface area contributed by atoms with Crippen LogP contribution in [0.1, 0.15) is 19.4 Å². The molecule has 5 nitrogen and oxygen atoms in total. The second-order valence-electron chi connectivity index (χ2n) is 5.89. The number of anilines is 1. The molecule has 0 bridgehead atoms. The highest BCUT2D eigenvalue weighted by molar-refractivity contribution is 5.94. The highest BCUT2D eigenvalue weighted by Gasteiger charge is 2.18. The Balaban J connectivity index is 1.91. The van der Waals surface area contributed by atoms with Gasteiger partial charge in [-0.05, 0) is 62.9 Å². The highest BCUT2D eigenvalue weighted by atomic mass is 16.5. The topological polar surface area (TPSA) is 50.8 Å². The van der Waals surface area contributed by atoms with Crippen molar-refractivity contribution in [3.05, 3.63) is 54.1 Å². The highest BCUT2D eigenvalue weighted by Crippen LogP contribution is 2.17. The summed E-state index contributed by atoms with van der Waals surface area (Å²) in [6.45, 7) is 5.20. The summed E-state index contributed by atoms with van der Waals surface area (Å²) in [6.07, 6.45) is 0. The molecule has 5 heteroatoms. The summed E-state index contributed by atoms with van der Waals surface area (Å²) < 4.78 is 10.6. The normalized spacial score (nSPS) is 11.9. The number of methoxy groups -OCH3 is 1. The molecule has 0 saturated heterocycles. The Morgan fingerprint density at radius 3 is 2.24 bits per heavy atom. The first-order chi connectivity index (χ1) is 12.0. The molecule has 25 heavy (non-hydrogen) atoms. The van der Waals surface area contributed by atoms with E-state index in [0.717, 1.165) is 22.7 Å². The minimum Gasteiger partial charge on any atom is -0.497 e. The Morgan fingerprint density at radius 1 is 1.08 bits per heavy atom. The van der Waals surface area contributed by atoms with Crippen molar-refractivity contribution in [2.24, 2.45) is 0 Å². The van der Waals surface area contributed by atoms with Crippen molar-refractivity contribution in [1.29, 1.82) is 0 Å². The third-order valence-corrected chi connectivity index (χ3v) is 4.06. The number of rotatable bonds is 8. The molecule has 2 rings (SSSR count). The molecular formula is C20H26N2O3. The number of ether oxygens (including phenoxy) is 2. The summed E-state index contributed by atoms with van der Waals surface area (Å²) >= 11 is 0. The fourth-order valence-electron chi connectivity index (χ4n) is 2.40. The third kappa shape index (κ3) is 5.50. The van der Waals surface area contributed by atoms with Crippen molar-refractivity contribution >= 4 is 11.6 Å². The molecular weight excluding hydrogens is 316 g/mol. The summed E-state index contributed by atoms with van der Waals surface area (Å²) in [5.41, 5.74) is 1.89. The zero-order valence-electron chi connectivity index (χ0n) is 15.3. The zero-order chi connectivity index (χ0) is 18.2. The summed E-state index contributed by atoms with van der Waals surface area (Å²) in [6, 6.07) is 15.0. The van der Waals surface area contributed by atoms with Gasteiger partial charge in [-0.25, -0.2) is 0 Å². The van der Waals surface area contributed by atoms with Crippen LogP contribution in [0.2, 0.25) is 0 Å². The van der Waals surface area contributed by atoms with Gasteiger partial charge in [0, 0.05) is 12.2 Å². The monoisotopic (exact) mass is 342 g/mol. The maximum Gasteiger partial charge on any atom is 0.241 e. The second kappa shape index (κ2) is 9.08. The van der Waals surface area contributed by atoms with E-state index in [1.807, 2.05) is 74.3 Å². The molecule has 0 aliphatic rings. The van der Waals surface area contributed by atoms with Crippen molar-refractivity contribution < 1.29 is 14.3 Å². The van der Waals surface area contributed by atoms with Gasteiger partial charge in [-0.1, -0.05) is 12.1 Å². The lowest BCUT2D eigenvalue weighted by Gasteiger charge is -2.24. The van der Waals surface area contributed by atoms with Gasteiger partial charge in [0.15, 0.2) is 0 Å². The molecule has 0 spiro atoms. The SMILES string of the molecule is CCOc1ccc(CN(C)[C@@H](C)C(=O)Nc2ccc(OC)cc2)cc1. The van der Waals surface area contributed by atoms with E-state index in [1.54, 1.807) is 7.11 Å². The maximum atomic E-state index is 12.4. The minimum absolute atomic E-state index is 0.0430.